The average molecular weight is 311 g/mol. The zero-order valence-corrected chi connectivity index (χ0v) is 12.5. The number of nitrogens with zero attached hydrogens (tertiary/aromatic N) is 1. The highest BCUT2D eigenvalue weighted by atomic mass is 16.6. The van der Waals surface area contributed by atoms with Crippen molar-refractivity contribution in [3.8, 4) is 5.75 Å². The van der Waals surface area contributed by atoms with E-state index in [1.807, 2.05) is 0 Å². The van der Waals surface area contributed by atoms with Crippen molar-refractivity contribution in [3.63, 3.8) is 0 Å². The molecule has 0 spiro atoms. The van der Waals surface area contributed by atoms with E-state index in [0.29, 0.717) is 11.3 Å². The van der Waals surface area contributed by atoms with Crippen LogP contribution in [0.3, 0.4) is 0 Å². The molecule has 0 aliphatic heterocycles. The standard InChI is InChI=1S/C14H17NO7/c1-20-10-6-4-5-9(7-10)11(8-15(18)19)12(13(16)21-2)14(17)22-3/h4-7,11-12H,8H2,1-3H3. The molecule has 0 fully saturated rings. The van der Waals surface area contributed by atoms with Crippen molar-refractivity contribution in [2.75, 3.05) is 27.9 Å². The Morgan fingerprint density at radius 2 is 1.77 bits per heavy atom. The molecule has 0 N–H and O–H groups in total. The van der Waals surface area contributed by atoms with Crippen molar-refractivity contribution in [2.24, 2.45) is 5.92 Å². The fraction of sp³-hybridized carbons (Fsp3) is 0.429. The van der Waals surface area contributed by atoms with E-state index >= 15 is 0 Å². The SMILES string of the molecule is COC(=O)C(C(=O)OC)C(C[N+](=O)[O-])c1cccc(OC)c1. The third-order valence-corrected chi connectivity index (χ3v) is 3.18. The van der Waals surface area contributed by atoms with Crippen LogP contribution < -0.4 is 4.74 Å². The van der Waals surface area contributed by atoms with Gasteiger partial charge in [-0.2, -0.15) is 0 Å². The number of benzene rings is 1. The van der Waals surface area contributed by atoms with Gasteiger partial charge in [0.2, 0.25) is 6.54 Å². The second kappa shape index (κ2) is 7.96. The highest BCUT2D eigenvalue weighted by molar-refractivity contribution is 5.96. The van der Waals surface area contributed by atoms with Crippen molar-refractivity contribution < 1.29 is 28.7 Å². The maximum Gasteiger partial charge on any atom is 0.320 e. The van der Waals surface area contributed by atoms with Crippen LogP contribution in [0.4, 0.5) is 0 Å². The second-order valence-corrected chi connectivity index (χ2v) is 4.42. The molecule has 0 radical (unpaired) electrons. The topological polar surface area (TPSA) is 105 Å². The van der Waals surface area contributed by atoms with E-state index in [4.69, 9.17) is 4.74 Å². The first-order valence-corrected chi connectivity index (χ1v) is 6.36. The van der Waals surface area contributed by atoms with Crippen LogP contribution in [0.25, 0.3) is 0 Å². The molecule has 8 nitrogen and oxygen atoms in total. The van der Waals surface area contributed by atoms with Crippen molar-refractivity contribution in [3.05, 3.63) is 39.9 Å². The Hall–Kier alpha value is -2.64. The monoisotopic (exact) mass is 311 g/mol. The van der Waals surface area contributed by atoms with Gasteiger partial charge < -0.3 is 14.2 Å². The van der Waals surface area contributed by atoms with Gasteiger partial charge in [0, 0.05) is 4.92 Å². The van der Waals surface area contributed by atoms with E-state index in [-0.39, 0.29) is 0 Å². The summed E-state index contributed by atoms with van der Waals surface area (Å²) in [6.45, 7) is -0.623. The number of carbonyl (C=O) groups is 2. The number of methoxy groups -OCH3 is 3. The van der Waals surface area contributed by atoms with E-state index in [1.165, 1.54) is 13.2 Å². The molecular formula is C14H17NO7. The Balaban J connectivity index is 3.31. The van der Waals surface area contributed by atoms with Crippen molar-refractivity contribution in [2.45, 2.75) is 5.92 Å². The maximum absolute atomic E-state index is 11.9. The summed E-state index contributed by atoms with van der Waals surface area (Å²) in [5, 5.41) is 10.9. The minimum absolute atomic E-state index is 0.414. The second-order valence-electron chi connectivity index (χ2n) is 4.42. The third-order valence-electron chi connectivity index (χ3n) is 3.18. The van der Waals surface area contributed by atoms with E-state index in [2.05, 4.69) is 9.47 Å². The fourth-order valence-corrected chi connectivity index (χ4v) is 2.11. The summed E-state index contributed by atoms with van der Waals surface area (Å²) in [6, 6.07) is 6.38. The summed E-state index contributed by atoms with van der Waals surface area (Å²) < 4.78 is 14.2. The molecule has 0 saturated heterocycles. The lowest BCUT2D eigenvalue weighted by atomic mass is 9.85. The lowest BCUT2D eigenvalue weighted by Gasteiger charge is -2.21. The maximum atomic E-state index is 11.9. The smallest absolute Gasteiger partial charge is 0.320 e. The van der Waals surface area contributed by atoms with Gasteiger partial charge in [-0.15, -0.1) is 0 Å². The zero-order valence-electron chi connectivity index (χ0n) is 12.5. The van der Waals surface area contributed by atoms with Gasteiger partial charge in [0.25, 0.3) is 0 Å². The van der Waals surface area contributed by atoms with E-state index in [9.17, 15) is 19.7 Å². The normalized spacial score (nSPS) is 11.6. The number of ether oxygens (including phenoxy) is 3. The predicted octanol–water partition coefficient (Wildman–Crippen LogP) is 1.02. The average Bonchev–Trinajstić information content (AvgIpc) is 2.53. The largest absolute Gasteiger partial charge is 0.497 e. The number of nitro groups is 1. The first kappa shape index (κ1) is 17.4. The highest BCUT2D eigenvalue weighted by Gasteiger charge is 2.41. The number of rotatable bonds is 7. The lowest BCUT2D eigenvalue weighted by molar-refractivity contribution is -0.484. The first-order chi connectivity index (χ1) is 10.4. The Bertz CT molecular complexity index is 542. The molecule has 1 atom stereocenters. The van der Waals surface area contributed by atoms with Gasteiger partial charge in [-0.05, 0) is 17.7 Å². The number of carbonyl (C=O) groups excluding carboxylic acids is 2. The molecule has 0 bridgehead atoms. The Morgan fingerprint density at radius 3 is 2.23 bits per heavy atom. The van der Waals surface area contributed by atoms with Crippen molar-refractivity contribution in [1.29, 1.82) is 0 Å². The van der Waals surface area contributed by atoms with Gasteiger partial charge in [0.05, 0.1) is 27.2 Å². The summed E-state index contributed by atoms with van der Waals surface area (Å²) in [6.07, 6.45) is 0. The fourth-order valence-electron chi connectivity index (χ4n) is 2.11. The third kappa shape index (κ3) is 4.18. The van der Waals surface area contributed by atoms with Crippen LogP contribution in [0.15, 0.2) is 24.3 Å². The van der Waals surface area contributed by atoms with Gasteiger partial charge in [-0.25, -0.2) is 0 Å². The molecule has 0 amide bonds. The Morgan fingerprint density at radius 1 is 1.18 bits per heavy atom. The molecule has 1 aromatic rings. The van der Waals surface area contributed by atoms with E-state index < -0.39 is 35.2 Å². The summed E-state index contributed by atoms with van der Waals surface area (Å²) in [7, 11) is 3.65. The van der Waals surface area contributed by atoms with Crippen LogP contribution in [0.5, 0.6) is 5.75 Å². The van der Waals surface area contributed by atoms with Crippen LogP contribution in [0, 0.1) is 16.0 Å². The summed E-state index contributed by atoms with van der Waals surface area (Å²) >= 11 is 0. The van der Waals surface area contributed by atoms with E-state index in [0.717, 1.165) is 14.2 Å². The van der Waals surface area contributed by atoms with Crippen LogP contribution in [0.1, 0.15) is 11.5 Å². The van der Waals surface area contributed by atoms with Crippen molar-refractivity contribution in [1.82, 2.24) is 0 Å². The van der Waals surface area contributed by atoms with Crippen LogP contribution in [-0.2, 0) is 19.1 Å². The van der Waals surface area contributed by atoms with Gasteiger partial charge in [-0.1, -0.05) is 12.1 Å². The molecule has 0 aliphatic carbocycles. The molecule has 8 heteroatoms. The molecule has 1 unspecified atom stereocenters. The Labute approximate surface area is 127 Å². The molecule has 1 aromatic carbocycles. The zero-order chi connectivity index (χ0) is 16.7. The minimum atomic E-state index is -1.42. The molecule has 0 saturated carbocycles. The quantitative estimate of drug-likeness (QED) is 0.320. The van der Waals surface area contributed by atoms with Gasteiger partial charge in [-0.3, -0.25) is 19.7 Å². The summed E-state index contributed by atoms with van der Waals surface area (Å²) in [5.74, 6) is -3.76. The minimum Gasteiger partial charge on any atom is -0.497 e. The number of hydrogen-bond acceptors (Lipinski definition) is 7. The molecule has 1 rings (SSSR count). The van der Waals surface area contributed by atoms with E-state index in [1.54, 1.807) is 18.2 Å². The number of hydrogen-bond donors (Lipinski definition) is 0. The first-order valence-electron chi connectivity index (χ1n) is 6.36. The highest BCUT2D eigenvalue weighted by Crippen LogP contribution is 2.29. The molecule has 120 valence electrons. The molecule has 22 heavy (non-hydrogen) atoms. The molecular weight excluding hydrogens is 294 g/mol. The lowest BCUT2D eigenvalue weighted by Crippen LogP contribution is -2.35. The number of esters is 2. The predicted molar refractivity (Wildman–Crippen MR) is 75.1 cm³/mol. The Kier molecular flexibility index (Phi) is 6.30. The summed E-state index contributed by atoms with van der Waals surface area (Å²) in [5.41, 5.74) is 0.414. The van der Waals surface area contributed by atoms with Crippen LogP contribution in [-0.4, -0.2) is 44.7 Å². The van der Waals surface area contributed by atoms with Gasteiger partial charge in [0.15, 0.2) is 5.92 Å². The molecule has 0 aromatic heterocycles. The van der Waals surface area contributed by atoms with Gasteiger partial charge >= 0.3 is 11.9 Å². The molecule has 0 heterocycles. The molecule has 0 aliphatic rings. The van der Waals surface area contributed by atoms with Crippen molar-refractivity contribution >= 4 is 11.9 Å². The van der Waals surface area contributed by atoms with Crippen LogP contribution >= 0.6 is 0 Å². The summed E-state index contributed by atoms with van der Waals surface area (Å²) in [4.78, 5) is 34.1. The van der Waals surface area contributed by atoms with Gasteiger partial charge in [0.1, 0.15) is 5.75 Å². The van der Waals surface area contributed by atoms with Crippen LogP contribution in [0.2, 0.25) is 0 Å².